The highest BCUT2D eigenvalue weighted by atomic mass is 19.4. The Balaban J connectivity index is 1.19. The number of carbonyl (C=O) groups excluding carboxylic acids is 1. The summed E-state index contributed by atoms with van der Waals surface area (Å²) in [5, 5.41) is 8.49. The quantitative estimate of drug-likeness (QED) is 0.376. The van der Waals surface area contributed by atoms with E-state index in [9.17, 15) is 18.0 Å². The normalized spacial score (nSPS) is 15.1. The molecule has 0 radical (unpaired) electrons. The number of alkyl halides is 3. The Hall–Kier alpha value is -3.20. The third kappa shape index (κ3) is 5.98. The number of nitrogens with zero attached hydrogens (tertiary/aromatic N) is 5. The van der Waals surface area contributed by atoms with Gasteiger partial charge in [0.15, 0.2) is 5.69 Å². The topological polar surface area (TPSA) is 54.3 Å². The van der Waals surface area contributed by atoms with Gasteiger partial charge in [-0.2, -0.15) is 23.1 Å². The molecule has 2 aromatic carbocycles. The first-order valence-electron chi connectivity index (χ1n) is 11.0. The van der Waals surface area contributed by atoms with Crippen molar-refractivity contribution in [2.24, 2.45) is 0 Å². The molecule has 174 valence electrons. The van der Waals surface area contributed by atoms with E-state index >= 15 is 0 Å². The summed E-state index contributed by atoms with van der Waals surface area (Å²) in [4.78, 5) is 18.3. The van der Waals surface area contributed by atoms with Gasteiger partial charge in [-0.25, -0.2) is 0 Å². The van der Waals surface area contributed by atoms with E-state index in [2.05, 4.69) is 15.1 Å². The predicted molar refractivity (Wildman–Crippen MR) is 119 cm³/mol. The summed E-state index contributed by atoms with van der Waals surface area (Å²) in [5.74, 6) is -0.138. The van der Waals surface area contributed by atoms with Crippen LogP contribution in [0, 0.1) is 0 Å². The van der Waals surface area contributed by atoms with E-state index in [4.69, 9.17) is 0 Å². The number of halogens is 3. The van der Waals surface area contributed by atoms with Crippen LogP contribution in [0.25, 0.3) is 0 Å². The Morgan fingerprint density at radius 3 is 2.36 bits per heavy atom. The van der Waals surface area contributed by atoms with Crippen LogP contribution >= 0.6 is 0 Å². The summed E-state index contributed by atoms with van der Waals surface area (Å²) >= 11 is 0. The zero-order valence-electron chi connectivity index (χ0n) is 18.2. The molecule has 1 aromatic heterocycles. The first kappa shape index (κ1) is 23.0. The summed E-state index contributed by atoms with van der Waals surface area (Å²) in [5.41, 5.74) is 0.944. The van der Waals surface area contributed by atoms with Gasteiger partial charge < -0.3 is 4.90 Å². The largest absolute Gasteiger partial charge is 0.416 e. The second kappa shape index (κ2) is 10.2. The number of unbranched alkanes of at least 4 members (excludes halogenated alkanes) is 1. The molecule has 1 saturated heterocycles. The minimum absolute atomic E-state index is 0.138. The van der Waals surface area contributed by atoms with Crippen LogP contribution in [0.4, 0.5) is 18.9 Å². The lowest BCUT2D eigenvalue weighted by Crippen LogP contribution is -2.46. The number of rotatable bonds is 8. The highest BCUT2D eigenvalue weighted by Crippen LogP contribution is 2.31. The Kier molecular flexibility index (Phi) is 7.08. The fourth-order valence-electron chi connectivity index (χ4n) is 3.94. The van der Waals surface area contributed by atoms with Crippen LogP contribution in [0.1, 0.15) is 34.5 Å². The summed E-state index contributed by atoms with van der Waals surface area (Å²) in [6.07, 6.45) is -0.992. The molecular formula is C24H26F3N5O. The van der Waals surface area contributed by atoms with Crippen molar-refractivity contribution < 1.29 is 18.0 Å². The highest BCUT2D eigenvalue weighted by molar-refractivity contribution is 6.07. The smallest absolute Gasteiger partial charge is 0.369 e. The monoisotopic (exact) mass is 457 g/mol. The molecule has 0 bridgehead atoms. The van der Waals surface area contributed by atoms with E-state index in [-0.39, 0.29) is 5.78 Å². The molecule has 1 aliphatic heterocycles. The summed E-state index contributed by atoms with van der Waals surface area (Å²) in [6, 6.07) is 14.5. The number of hydrogen-bond acceptors (Lipinski definition) is 5. The van der Waals surface area contributed by atoms with Gasteiger partial charge >= 0.3 is 6.18 Å². The number of carbonyl (C=O) groups is 1. The van der Waals surface area contributed by atoms with E-state index in [1.807, 2.05) is 23.1 Å². The molecule has 0 atom stereocenters. The van der Waals surface area contributed by atoms with E-state index < -0.39 is 11.7 Å². The maximum atomic E-state index is 13.0. The van der Waals surface area contributed by atoms with Gasteiger partial charge in [-0.3, -0.25) is 9.69 Å². The van der Waals surface area contributed by atoms with Crippen molar-refractivity contribution in [1.29, 1.82) is 0 Å². The molecule has 2 heterocycles. The first-order chi connectivity index (χ1) is 15.9. The summed E-state index contributed by atoms with van der Waals surface area (Å²) in [7, 11) is 0. The van der Waals surface area contributed by atoms with Crippen molar-refractivity contribution in [3.63, 3.8) is 0 Å². The number of ketones is 1. The first-order valence-corrected chi connectivity index (χ1v) is 11.0. The van der Waals surface area contributed by atoms with E-state index in [0.29, 0.717) is 36.6 Å². The standard InChI is InChI=1S/C24H26F3N5O/c25-24(26,27)20-9-6-10-21(17-20)31-15-13-30(14-16-31)11-4-5-12-32-28-18-22(29-32)23(33)19-7-2-1-3-8-19/h1-3,6-10,17-18H,4-5,11-16H2. The Morgan fingerprint density at radius 1 is 0.909 bits per heavy atom. The van der Waals surface area contributed by atoms with Crippen molar-refractivity contribution in [3.8, 4) is 0 Å². The van der Waals surface area contributed by atoms with Crippen molar-refractivity contribution in [3.05, 3.63) is 77.6 Å². The maximum absolute atomic E-state index is 13.0. The van der Waals surface area contributed by atoms with Crippen molar-refractivity contribution >= 4 is 11.5 Å². The molecule has 0 N–H and O–H groups in total. The average molecular weight is 458 g/mol. The molecular weight excluding hydrogens is 431 g/mol. The highest BCUT2D eigenvalue weighted by Gasteiger charge is 2.31. The van der Waals surface area contributed by atoms with Gasteiger partial charge in [0.2, 0.25) is 5.78 Å². The lowest BCUT2D eigenvalue weighted by atomic mass is 10.1. The van der Waals surface area contributed by atoms with Gasteiger partial charge in [0, 0.05) is 37.4 Å². The SMILES string of the molecule is O=C(c1ccccc1)c1cnn(CCCCN2CCN(c3cccc(C(F)(F)F)c3)CC2)n1. The van der Waals surface area contributed by atoms with Crippen LogP contribution in [0.3, 0.4) is 0 Å². The molecule has 4 rings (SSSR count). The van der Waals surface area contributed by atoms with Crippen LogP contribution in [-0.2, 0) is 12.7 Å². The van der Waals surface area contributed by atoms with Gasteiger partial charge in [-0.1, -0.05) is 36.4 Å². The minimum atomic E-state index is -4.32. The van der Waals surface area contributed by atoms with Gasteiger partial charge in [0.05, 0.1) is 18.3 Å². The zero-order valence-corrected chi connectivity index (χ0v) is 18.2. The second-order valence-corrected chi connectivity index (χ2v) is 8.10. The molecule has 33 heavy (non-hydrogen) atoms. The number of benzene rings is 2. The molecule has 0 aliphatic carbocycles. The van der Waals surface area contributed by atoms with Gasteiger partial charge in [-0.15, -0.1) is 5.10 Å². The van der Waals surface area contributed by atoms with Crippen LogP contribution in [-0.4, -0.2) is 58.4 Å². The molecule has 0 spiro atoms. The van der Waals surface area contributed by atoms with Gasteiger partial charge in [0.1, 0.15) is 0 Å². The molecule has 0 amide bonds. The second-order valence-electron chi connectivity index (χ2n) is 8.10. The predicted octanol–water partition coefficient (Wildman–Crippen LogP) is 4.13. The molecule has 1 fully saturated rings. The van der Waals surface area contributed by atoms with Crippen LogP contribution < -0.4 is 4.90 Å². The van der Waals surface area contributed by atoms with Crippen molar-refractivity contribution in [2.45, 2.75) is 25.6 Å². The molecule has 1 aliphatic rings. The Morgan fingerprint density at radius 2 is 1.64 bits per heavy atom. The molecule has 3 aromatic rings. The van der Waals surface area contributed by atoms with E-state index in [0.717, 1.165) is 38.5 Å². The third-order valence-corrected chi connectivity index (χ3v) is 5.80. The van der Waals surface area contributed by atoms with Crippen molar-refractivity contribution in [2.75, 3.05) is 37.6 Å². The zero-order chi connectivity index (χ0) is 23.3. The lowest BCUT2D eigenvalue weighted by Gasteiger charge is -2.36. The van der Waals surface area contributed by atoms with Crippen molar-refractivity contribution in [1.82, 2.24) is 19.9 Å². The van der Waals surface area contributed by atoms with Crippen LogP contribution in [0.2, 0.25) is 0 Å². The fourth-order valence-corrected chi connectivity index (χ4v) is 3.94. The molecule has 0 saturated carbocycles. The summed E-state index contributed by atoms with van der Waals surface area (Å²) in [6.45, 7) is 4.57. The van der Waals surface area contributed by atoms with Crippen LogP contribution in [0.5, 0.6) is 0 Å². The summed E-state index contributed by atoms with van der Waals surface area (Å²) < 4.78 is 38.9. The van der Waals surface area contributed by atoms with Gasteiger partial charge in [0.25, 0.3) is 0 Å². The number of aryl methyl sites for hydroxylation is 1. The molecule has 0 unspecified atom stereocenters. The van der Waals surface area contributed by atoms with Gasteiger partial charge in [-0.05, 0) is 37.6 Å². The number of aromatic nitrogens is 3. The van der Waals surface area contributed by atoms with E-state index in [1.54, 1.807) is 23.0 Å². The maximum Gasteiger partial charge on any atom is 0.416 e. The fraction of sp³-hybridized carbons (Fsp3) is 0.375. The molecule has 6 nitrogen and oxygen atoms in total. The van der Waals surface area contributed by atoms with Crippen LogP contribution in [0.15, 0.2) is 60.8 Å². The number of hydrogen-bond donors (Lipinski definition) is 0. The third-order valence-electron chi connectivity index (χ3n) is 5.80. The Labute approximate surface area is 190 Å². The Bertz CT molecular complexity index is 1060. The number of piperazine rings is 1. The lowest BCUT2D eigenvalue weighted by molar-refractivity contribution is -0.137. The van der Waals surface area contributed by atoms with E-state index in [1.165, 1.54) is 18.3 Å². The average Bonchev–Trinajstić information content (AvgIpc) is 3.31. The minimum Gasteiger partial charge on any atom is -0.369 e. The molecule has 9 heteroatoms. The number of anilines is 1.